The second-order valence-electron chi connectivity index (χ2n) is 3.21. The Kier molecular flexibility index (Phi) is 1.90. The summed E-state index contributed by atoms with van der Waals surface area (Å²) in [7, 11) is 0. The van der Waals surface area contributed by atoms with Gasteiger partial charge in [0.15, 0.2) is 0 Å². The van der Waals surface area contributed by atoms with Crippen molar-refractivity contribution in [2.24, 2.45) is 5.73 Å². The lowest BCUT2D eigenvalue weighted by Gasteiger charge is -2.31. The number of fused-ring (bicyclic) bond motifs is 1. The van der Waals surface area contributed by atoms with E-state index in [0.717, 1.165) is 24.2 Å². The van der Waals surface area contributed by atoms with Gasteiger partial charge in [-0.2, -0.15) is 0 Å². The van der Waals surface area contributed by atoms with E-state index in [0.29, 0.717) is 6.61 Å². The summed E-state index contributed by atoms with van der Waals surface area (Å²) >= 11 is 0. The summed E-state index contributed by atoms with van der Waals surface area (Å²) in [6, 6.07) is -0.259. The van der Waals surface area contributed by atoms with Crippen LogP contribution in [0.2, 0.25) is 0 Å². The fourth-order valence-electron chi connectivity index (χ4n) is 1.60. The van der Waals surface area contributed by atoms with Crippen LogP contribution < -0.4 is 5.73 Å². The van der Waals surface area contributed by atoms with E-state index in [9.17, 15) is 5.11 Å². The lowest BCUT2D eigenvalue weighted by molar-refractivity contribution is 0.0396. The van der Waals surface area contributed by atoms with Crippen molar-refractivity contribution in [2.75, 3.05) is 6.61 Å². The first-order chi connectivity index (χ1) is 5.79. The molecule has 0 unspecified atom stereocenters. The van der Waals surface area contributed by atoms with Gasteiger partial charge in [0.25, 0.3) is 0 Å². The number of hydrogen-bond donors (Lipinski definition) is 2. The van der Waals surface area contributed by atoms with Crippen LogP contribution in [-0.2, 0) is 4.74 Å². The predicted molar refractivity (Wildman–Crippen MR) is 45.3 cm³/mol. The molecule has 12 heavy (non-hydrogen) atoms. The normalized spacial score (nSPS) is 34.5. The summed E-state index contributed by atoms with van der Waals surface area (Å²) in [5.41, 5.74) is 6.77. The number of aliphatic hydroxyl groups excluding tert-OH is 1. The monoisotopic (exact) mass is 167 g/mol. The molecule has 0 spiro atoms. The molecule has 0 aromatic rings. The average Bonchev–Trinajstić information content (AvgIpc) is 2.12. The Hall–Kier alpha value is -0.800. The van der Waals surface area contributed by atoms with Gasteiger partial charge in [0, 0.05) is 5.57 Å². The smallest absolute Gasteiger partial charge is 0.120 e. The van der Waals surface area contributed by atoms with Crippen molar-refractivity contribution in [2.45, 2.75) is 25.0 Å². The summed E-state index contributed by atoms with van der Waals surface area (Å²) in [6.07, 6.45) is 5.57. The molecule has 1 fully saturated rings. The second kappa shape index (κ2) is 2.92. The number of rotatable bonds is 0. The van der Waals surface area contributed by atoms with E-state index in [1.807, 2.05) is 6.08 Å². The first-order valence-corrected chi connectivity index (χ1v) is 4.26. The van der Waals surface area contributed by atoms with E-state index in [1.165, 1.54) is 0 Å². The lowest BCUT2D eigenvalue weighted by Crippen LogP contribution is -2.44. The van der Waals surface area contributed by atoms with Crippen LogP contribution in [0, 0.1) is 0 Å². The van der Waals surface area contributed by atoms with Crippen LogP contribution >= 0.6 is 0 Å². The zero-order valence-electron chi connectivity index (χ0n) is 6.86. The van der Waals surface area contributed by atoms with Crippen LogP contribution in [0.4, 0.5) is 0 Å². The molecule has 2 rings (SSSR count). The first-order valence-electron chi connectivity index (χ1n) is 4.26. The maximum atomic E-state index is 9.40. The molecule has 3 nitrogen and oxygen atoms in total. The highest BCUT2D eigenvalue weighted by molar-refractivity contribution is 5.35. The van der Waals surface area contributed by atoms with Crippen molar-refractivity contribution in [1.29, 1.82) is 0 Å². The van der Waals surface area contributed by atoms with Gasteiger partial charge in [-0.25, -0.2) is 0 Å². The van der Waals surface area contributed by atoms with Crippen molar-refractivity contribution < 1.29 is 9.84 Å². The van der Waals surface area contributed by atoms with Gasteiger partial charge in [-0.3, -0.25) is 0 Å². The zero-order chi connectivity index (χ0) is 8.55. The molecule has 66 valence electrons. The Morgan fingerprint density at radius 2 is 2.17 bits per heavy atom. The molecule has 0 amide bonds. The molecule has 1 saturated heterocycles. The maximum Gasteiger partial charge on any atom is 0.120 e. The molecular formula is C9H13NO2. The van der Waals surface area contributed by atoms with Gasteiger partial charge >= 0.3 is 0 Å². The van der Waals surface area contributed by atoms with Crippen molar-refractivity contribution in [1.82, 2.24) is 0 Å². The largest absolute Gasteiger partial charge is 0.491 e. The molecule has 0 aromatic carbocycles. The van der Waals surface area contributed by atoms with E-state index in [-0.39, 0.29) is 6.04 Å². The van der Waals surface area contributed by atoms with E-state index in [2.05, 4.69) is 6.08 Å². The third-order valence-corrected chi connectivity index (χ3v) is 2.33. The van der Waals surface area contributed by atoms with Crippen molar-refractivity contribution >= 4 is 0 Å². The molecule has 0 aromatic heterocycles. The van der Waals surface area contributed by atoms with Crippen LogP contribution in [0.3, 0.4) is 0 Å². The van der Waals surface area contributed by atoms with Crippen molar-refractivity contribution in [3.8, 4) is 0 Å². The third kappa shape index (κ3) is 1.15. The number of ether oxygens (including phenoxy) is 1. The molecule has 0 radical (unpaired) electrons. The molecule has 3 N–H and O–H groups in total. The fraction of sp³-hybridized carbons (Fsp3) is 0.556. The fourth-order valence-corrected chi connectivity index (χ4v) is 1.60. The average molecular weight is 167 g/mol. The van der Waals surface area contributed by atoms with Crippen molar-refractivity contribution in [3.05, 3.63) is 23.5 Å². The zero-order valence-corrected chi connectivity index (χ0v) is 6.86. The SMILES string of the molecule is N[C@H]1C2=CCCC=C2OC[C@H]1O. The summed E-state index contributed by atoms with van der Waals surface area (Å²) in [4.78, 5) is 0. The summed E-state index contributed by atoms with van der Waals surface area (Å²) < 4.78 is 5.33. The Morgan fingerprint density at radius 3 is 3.00 bits per heavy atom. The predicted octanol–water partition coefficient (Wildman–Crippen LogP) is 0.309. The molecule has 0 bridgehead atoms. The Bertz CT molecular complexity index is 245. The first kappa shape index (κ1) is 7.83. The van der Waals surface area contributed by atoms with Gasteiger partial charge in [-0.05, 0) is 18.9 Å². The van der Waals surface area contributed by atoms with Crippen LogP contribution in [0.5, 0.6) is 0 Å². The van der Waals surface area contributed by atoms with Gasteiger partial charge < -0.3 is 15.6 Å². The van der Waals surface area contributed by atoms with Crippen molar-refractivity contribution in [3.63, 3.8) is 0 Å². The minimum atomic E-state index is -0.550. The molecular weight excluding hydrogens is 154 g/mol. The minimum absolute atomic E-state index is 0.259. The standard InChI is InChI=1S/C9H13NO2/c10-9-6-3-1-2-4-8(6)12-5-7(9)11/h3-4,7,9,11H,1-2,5,10H2/t7-,9+/m1/s1. The topological polar surface area (TPSA) is 55.5 Å². The van der Waals surface area contributed by atoms with E-state index < -0.39 is 6.10 Å². The maximum absolute atomic E-state index is 9.40. The lowest BCUT2D eigenvalue weighted by atomic mass is 9.93. The van der Waals surface area contributed by atoms with Crippen LogP contribution in [0.1, 0.15) is 12.8 Å². The van der Waals surface area contributed by atoms with Crippen LogP contribution in [0.15, 0.2) is 23.5 Å². The number of aliphatic hydroxyl groups is 1. The van der Waals surface area contributed by atoms with Gasteiger partial charge in [0.1, 0.15) is 18.5 Å². The Labute approximate surface area is 71.5 Å². The van der Waals surface area contributed by atoms with Crippen LogP contribution in [-0.4, -0.2) is 23.9 Å². The number of allylic oxidation sites excluding steroid dienone is 2. The van der Waals surface area contributed by atoms with E-state index >= 15 is 0 Å². The highest BCUT2D eigenvalue weighted by atomic mass is 16.5. The third-order valence-electron chi connectivity index (χ3n) is 2.33. The molecule has 1 heterocycles. The quantitative estimate of drug-likeness (QED) is 0.546. The van der Waals surface area contributed by atoms with Gasteiger partial charge in [-0.1, -0.05) is 6.08 Å². The minimum Gasteiger partial charge on any atom is -0.491 e. The van der Waals surface area contributed by atoms with Crippen LogP contribution in [0.25, 0.3) is 0 Å². The molecule has 2 aliphatic rings. The van der Waals surface area contributed by atoms with Gasteiger partial charge in [0.2, 0.25) is 0 Å². The Morgan fingerprint density at radius 1 is 1.42 bits per heavy atom. The molecule has 0 saturated carbocycles. The summed E-state index contributed by atoms with van der Waals surface area (Å²) in [6.45, 7) is 0.324. The number of nitrogens with two attached hydrogens (primary N) is 1. The molecule has 3 heteroatoms. The Balaban J connectivity index is 2.25. The number of hydrogen-bond acceptors (Lipinski definition) is 3. The molecule has 1 aliphatic carbocycles. The van der Waals surface area contributed by atoms with E-state index in [4.69, 9.17) is 10.5 Å². The highest BCUT2D eigenvalue weighted by Crippen LogP contribution is 2.27. The highest BCUT2D eigenvalue weighted by Gasteiger charge is 2.29. The molecule has 1 aliphatic heterocycles. The molecule has 2 atom stereocenters. The summed E-state index contributed by atoms with van der Waals surface area (Å²) in [5.74, 6) is 0.874. The van der Waals surface area contributed by atoms with Gasteiger partial charge in [0.05, 0.1) is 6.04 Å². The van der Waals surface area contributed by atoms with Gasteiger partial charge in [-0.15, -0.1) is 0 Å². The summed E-state index contributed by atoms with van der Waals surface area (Å²) in [5, 5.41) is 9.40. The van der Waals surface area contributed by atoms with E-state index in [1.54, 1.807) is 0 Å². The second-order valence-corrected chi connectivity index (χ2v) is 3.21.